The van der Waals surface area contributed by atoms with Crippen LogP contribution in [0.2, 0.25) is 0 Å². The summed E-state index contributed by atoms with van der Waals surface area (Å²) in [5, 5.41) is 12.4. The van der Waals surface area contributed by atoms with E-state index >= 15 is 0 Å². The molecule has 0 bridgehead atoms. The van der Waals surface area contributed by atoms with Crippen LogP contribution in [-0.4, -0.2) is 30.6 Å². The van der Waals surface area contributed by atoms with Crippen LogP contribution in [0.15, 0.2) is 24.3 Å². The zero-order chi connectivity index (χ0) is 15.2. The quantitative estimate of drug-likeness (QED) is 0.902. The van der Waals surface area contributed by atoms with Crippen molar-refractivity contribution in [2.45, 2.75) is 45.7 Å². The molecule has 21 heavy (non-hydrogen) atoms. The molecule has 1 aliphatic heterocycles. The van der Waals surface area contributed by atoms with Crippen LogP contribution in [0.4, 0.5) is 0 Å². The van der Waals surface area contributed by atoms with Crippen molar-refractivity contribution >= 4 is 0 Å². The first-order chi connectivity index (χ1) is 10.1. The SMILES string of the molecule is CC(C)N(CC1CCCNC1)C(C)c1ccc(C#N)cc1. The molecule has 0 aliphatic carbocycles. The summed E-state index contributed by atoms with van der Waals surface area (Å²) in [6.45, 7) is 10.3. The molecule has 1 fully saturated rings. The molecule has 3 heteroatoms. The zero-order valence-electron chi connectivity index (χ0n) is 13.5. The summed E-state index contributed by atoms with van der Waals surface area (Å²) in [6.07, 6.45) is 2.62. The molecule has 1 aromatic rings. The van der Waals surface area contributed by atoms with Gasteiger partial charge in [-0.2, -0.15) is 5.26 Å². The van der Waals surface area contributed by atoms with Gasteiger partial charge < -0.3 is 5.32 Å². The molecule has 0 radical (unpaired) electrons. The van der Waals surface area contributed by atoms with E-state index in [9.17, 15) is 0 Å². The van der Waals surface area contributed by atoms with Gasteiger partial charge in [0.2, 0.25) is 0 Å². The molecular weight excluding hydrogens is 258 g/mol. The van der Waals surface area contributed by atoms with Crippen molar-refractivity contribution in [3.8, 4) is 6.07 Å². The third kappa shape index (κ3) is 4.30. The molecule has 0 saturated carbocycles. The van der Waals surface area contributed by atoms with E-state index < -0.39 is 0 Å². The summed E-state index contributed by atoms with van der Waals surface area (Å²) in [5.74, 6) is 0.752. The molecule has 0 aromatic heterocycles. The summed E-state index contributed by atoms with van der Waals surface area (Å²) in [6, 6.07) is 11.1. The van der Waals surface area contributed by atoms with E-state index in [1.165, 1.54) is 24.9 Å². The molecule has 0 amide bonds. The second kappa shape index (κ2) is 7.59. The van der Waals surface area contributed by atoms with Gasteiger partial charge in [-0.05, 0) is 70.3 Å². The van der Waals surface area contributed by atoms with Crippen LogP contribution in [0, 0.1) is 17.2 Å². The molecule has 2 unspecified atom stereocenters. The standard InChI is InChI=1S/C18H27N3/c1-14(2)21(13-17-5-4-10-20-12-17)15(3)18-8-6-16(11-19)7-9-18/h6-9,14-15,17,20H,4-5,10,12-13H2,1-3H3. The molecule has 2 rings (SSSR count). The van der Waals surface area contributed by atoms with Gasteiger partial charge in [0.1, 0.15) is 0 Å². The molecule has 1 heterocycles. The first kappa shape index (κ1) is 16.0. The molecule has 114 valence electrons. The van der Waals surface area contributed by atoms with Gasteiger partial charge in [-0.15, -0.1) is 0 Å². The van der Waals surface area contributed by atoms with Crippen molar-refractivity contribution in [2.24, 2.45) is 5.92 Å². The third-order valence-corrected chi connectivity index (χ3v) is 4.55. The highest BCUT2D eigenvalue weighted by molar-refractivity contribution is 5.32. The highest BCUT2D eigenvalue weighted by Crippen LogP contribution is 2.25. The zero-order valence-corrected chi connectivity index (χ0v) is 13.5. The van der Waals surface area contributed by atoms with E-state index in [2.05, 4.69) is 49.2 Å². The fourth-order valence-electron chi connectivity index (χ4n) is 3.22. The number of hydrogen-bond acceptors (Lipinski definition) is 3. The molecule has 1 aliphatic rings. The maximum Gasteiger partial charge on any atom is 0.0991 e. The second-order valence-corrected chi connectivity index (χ2v) is 6.41. The third-order valence-electron chi connectivity index (χ3n) is 4.55. The molecular formula is C18H27N3. The van der Waals surface area contributed by atoms with Crippen LogP contribution >= 0.6 is 0 Å². The highest BCUT2D eigenvalue weighted by Gasteiger charge is 2.23. The van der Waals surface area contributed by atoms with Gasteiger partial charge in [0.15, 0.2) is 0 Å². The fourth-order valence-corrected chi connectivity index (χ4v) is 3.22. The van der Waals surface area contributed by atoms with Crippen LogP contribution < -0.4 is 5.32 Å². The summed E-state index contributed by atoms with van der Waals surface area (Å²) >= 11 is 0. The topological polar surface area (TPSA) is 39.1 Å². The molecule has 1 aromatic carbocycles. The van der Waals surface area contributed by atoms with E-state index in [-0.39, 0.29) is 0 Å². The van der Waals surface area contributed by atoms with Gasteiger partial charge in [-0.25, -0.2) is 0 Å². The Labute approximate surface area is 129 Å². The number of nitrogens with zero attached hydrogens (tertiary/aromatic N) is 2. The molecule has 0 spiro atoms. The summed E-state index contributed by atoms with van der Waals surface area (Å²) in [7, 11) is 0. The van der Waals surface area contributed by atoms with Gasteiger partial charge in [0, 0.05) is 18.6 Å². The fraction of sp³-hybridized carbons (Fsp3) is 0.611. The van der Waals surface area contributed by atoms with Crippen molar-refractivity contribution in [3.63, 3.8) is 0 Å². The Balaban J connectivity index is 2.06. The van der Waals surface area contributed by atoms with Gasteiger partial charge in [0.25, 0.3) is 0 Å². The molecule has 1 saturated heterocycles. The lowest BCUT2D eigenvalue weighted by Gasteiger charge is -2.37. The number of piperidine rings is 1. The van der Waals surface area contributed by atoms with Crippen LogP contribution in [0.3, 0.4) is 0 Å². The number of nitrogens with one attached hydrogen (secondary N) is 1. The minimum Gasteiger partial charge on any atom is -0.316 e. The predicted molar refractivity (Wildman–Crippen MR) is 87.0 cm³/mol. The maximum absolute atomic E-state index is 8.91. The van der Waals surface area contributed by atoms with E-state index in [1.54, 1.807) is 0 Å². The van der Waals surface area contributed by atoms with Gasteiger partial charge in [-0.1, -0.05) is 12.1 Å². The minimum absolute atomic E-state index is 0.389. The highest BCUT2D eigenvalue weighted by atomic mass is 15.2. The van der Waals surface area contributed by atoms with Crippen molar-refractivity contribution in [3.05, 3.63) is 35.4 Å². The molecule has 2 atom stereocenters. The Kier molecular flexibility index (Phi) is 5.78. The van der Waals surface area contributed by atoms with E-state index in [0.717, 1.165) is 24.6 Å². The normalized spacial score (nSPS) is 20.5. The van der Waals surface area contributed by atoms with Crippen molar-refractivity contribution < 1.29 is 0 Å². The van der Waals surface area contributed by atoms with Crippen LogP contribution in [0.25, 0.3) is 0 Å². The molecule has 1 N–H and O–H groups in total. The summed E-state index contributed by atoms with van der Waals surface area (Å²) in [4.78, 5) is 2.58. The van der Waals surface area contributed by atoms with Gasteiger partial charge >= 0.3 is 0 Å². The minimum atomic E-state index is 0.389. The first-order valence-corrected chi connectivity index (χ1v) is 8.08. The van der Waals surface area contributed by atoms with Gasteiger partial charge in [0.05, 0.1) is 11.6 Å². The number of hydrogen-bond donors (Lipinski definition) is 1. The van der Waals surface area contributed by atoms with E-state index in [0.29, 0.717) is 12.1 Å². The maximum atomic E-state index is 8.91. The Hall–Kier alpha value is -1.37. The van der Waals surface area contributed by atoms with Crippen LogP contribution in [0.1, 0.15) is 50.8 Å². The summed E-state index contributed by atoms with van der Waals surface area (Å²) in [5.41, 5.74) is 2.03. The van der Waals surface area contributed by atoms with Gasteiger partial charge in [-0.3, -0.25) is 4.90 Å². The largest absolute Gasteiger partial charge is 0.316 e. The second-order valence-electron chi connectivity index (χ2n) is 6.41. The lowest BCUT2D eigenvalue weighted by atomic mass is 9.96. The molecule has 3 nitrogen and oxygen atoms in total. The monoisotopic (exact) mass is 285 g/mol. The van der Waals surface area contributed by atoms with E-state index in [4.69, 9.17) is 5.26 Å². The van der Waals surface area contributed by atoms with Crippen LogP contribution in [0.5, 0.6) is 0 Å². The Morgan fingerprint density at radius 2 is 2.00 bits per heavy atom. The average molecular weight is 285 g/mol. The number of benzene rings is 1. The lowest BCUT2D eigenvalue weighted by molar-refractivity contribution is 0.127. The number of nitriles is 1. The Morgan fingerprint density at radius 1 is 1.29 bits per heavy atom. The Morgan fingerprint density at radius 3 is 2.52 bits per heavy atom. The first-order valence-electron chi connectivity index (χ1n) is 8.08. The van der Waals surface area contributed by atoms with Crippen molar-refractivity contribution in [1.29, 1.82) is 5.26 Å². The lowest BCUT2D eigenvalue weighted by Crippen LogP contribution is -2.42. The van der Waals surface area contributed by atoms with Crippen molar-refractivity contribution in [1.82, 2.24) is 10.2 Å². The van der Waals surface area contributed by atoms with Crippen molar-refractivity contribution in [2.75, 3.05) is 19.6 Å². The van der Waals surface area contributed by atoms with Crippen LogP contribution in [-0.2, 0) is 0 Å². The smallest absolute Gasteiger partial charge is 0.0991 e. The van der Waals surface area contributed by atoms with E-state index in [1.807, 2.05) is 12.1 Å². The summed E-state index contributed by atoms with van der Waals surface area (Å²) < 4.78 is 0. The predicted octanol–water partition coefficient (Wildman–Crippen LogP) is 3.33. The average Bonchev–Trinajstić information content (AvgIpc) is 2.53. The number of rotatable bonds is 5. The Bertz CT molecular complexity index is 466.